The number of hydrogen-bond acceptors (Lipinski definition) is 3. The summed E-state index contributed by atoms with van der Waals surface area (Å²) in [4.78, 5) is 0. The lowest BCUT2D eigenvalue weighted by Crippen LogP contribution is -2.43. The van der Waals surface area contributed by atoms with Crippen LogP contribution in [0.4, 0.5) is 4.39 Å². The van der Waals surface area contributed by atoms with E-state index in [-0.39, 0.29) is 11.2 Å². The Labute approximate surface area is 126 Å². The van der Waals surface area contributed by atoms with E-state index in [4.69, 9.17) is 9.47 Å². The number of hydrogen-bond donors (Lipinski definition) is 1. The van der Waals surface area contributed by atoms with Gasteiger partial charge in [0.15, 0.2) is 11.6 Å². The molecule has 21 heavy (non-hydrogen) atoms. The quantitative estimate of drug-likeness (QED) is 0.874. The molecule has 0 atom stereocenters. The minimum Gasteiger partial charge on any atom is -0.494 e. The summed E-state index contributed by atoms with van der Waals surface area (Å²) in [7, 11) is 1.51. The second-order valence-electron chi connectivity index (χ2n) is 6.26. The van der Waals surface area contributed by atoms with Gasteiger partial charge in [-0.15, -0.1) is 0 Å². The van der Waals surface area contributed by atoms with Gasteiger partial charge in [0, 0.05) is 25.8 Å². The fourth-order valence-corrected chi connectivity index (χ4v) is 2.90. The maximum absolute atomic E-state index is 14.4. The lowest BCUT2D eigenvalue weighted by molar-refractivity contribution is 0.0136. The van der Waals surface area contributed by atoms with Crippen LogP contribution in [0.25, 0.3) is 0 Å². The van der Waals surface area contributed by atoms with Crippen LogP contribution < -0.4 is 10.1 Å². The van der Waals surface area contributed by atoms with Gasteiger partial charge in [0.05, 0.1) is 7.11 Å². The Morgan fingerprint density at radius 1 is 1.33 bits per heavy atom. The third-order valence-electron chi connectivity index (χ3n) is 4.27. The molecular formula is C17H26FNO2. The first-order chi connectivity index (χ1) is 10.1. The molecule has 0 radical (unpaired) electrons. The topological polar surface area (TPSA) is 30.5 Å². The Bertz CT molecular complexity index is 456. The summed E-state index contributed by atoms with van der Waals surface area (Å²) in [6.45, 7) is 6.68. The van der Waals surface area contributed by atoms with E-state index < -0.39 is 0 Å². The molecule has 0 spiro atoms. The molecule has 4 heteroatoms. The Balaban J connectivity index is 2.18. The largest absolute Gasteiger partial charge is 0.494 e. The molecular weight excluding hydrogens is 269 g/mol. The van der Waals surface area contributed by atoms with E-state index in [0.29, 0.717) is 11.8 Å². The smallest absolute Gasteiger partial charge is 0.168 e. The fourth-order valence-electron chi connectivity index (χ4n) is 2.90. The van der Waals surface area contributed by atoms with Crippen molar-refractivity contribution in [2.45, 2.75) is 39.2 Å². The molecule has 0 unspecified atom stereocenters. The zero-order valence-electron chi connectivity index (χ0n) is 13.2. The highest BCUT2D eigenvalue weighted by molar-refractivity contribution is 5.32. The average Bonchev–Trinajstić information content (AvgIpc) is 2.48. The molecule has 0 bridgehead atoms. The van der Waals surface area contributed by atoms with Crippen molar-refractivity contribution >= 4 is 0 Å². The Hall–Kier alpha value is -1.13. The first kappa shape index (κ1) is 16.2. The molecule has 1 fully saturated rings. The molecule has 0 aliphatic carbocycles. The van der Waals surface area contributed by atoms with Gasteiger partial charge in [0.2, 0.25) is 0 Å². The highest BCUT2D eigenvalue weighted by Crippen LogP contribution is 2.35. The van der Waals surface area contributed by atoms with E-state index in [0.717, 1.165) is 44.6 Å². The van der Waals surface area contributed by atoms with Crippen LogP contribution >= 0.6 is 0 Å². The maximum Gasteiger partial charge on any atom is 0.168 e. The summed E-state index contributed by atoms with van der Waals surface area (Å²) in [5.74, 6) is 0.0990. The summed E-state index contributed by atoms with van der Waals surface area (Å²) in [5.41, 5.74) is 0.803. The summed E-state index contributed by atoms with van der Waals surface area (Å²) < 4.78 is 25.0. The number of methoxy groups -OCH3 is 1. The molecule has 1 aromatic rings. The molecule has 0 saturated carbocycles. The summed E-state index contributed by atoms with van der Waals surface area (Å²) in [5, 5.41) is 3.52. The fraction of sp³-hybridized carbons (Fsp3) is 0.647. The Morgan fingerprint density at radius 3 is 2.67 bits per heavy atom. The molecule has 1 aliphatic heterocycles. The van der Waals surface area contributed by atoms with Crippen LogP contribution in [0, 0.1) is 11.2 Å². The van der Waals surface area contributed by atoms with Crippen molar-refractivity contribution in [2.75, 3.05) is 26.9 Å². The van der Waals surface area contributed by atoms with Gasteiger partial charge in [-0.2, -0.15) is 0 Å². The maximum atomic E-state index is 14.4. The van der Waals surface area contributed by atoms with Gasteiger partial charge in [-0.3, -0.25) is 0 Å². The number of nitrogens with one attached hydrogen (secondary N) is 1. The highest BCUT2D eigenvalue weighted by atomic mass is 19.1. The van der Waals surface area contributed by atoms with Crippen molar-refractivity contribution in [1.82, 2.24) is 5.32 Å². The molecule has 1 N–H and O–H groups in total. The van der Waals surface area contributed by atoms with Crippen LogP contribution in [0.15, 0.2) is 18.2 Å². The van der Waals surface area contributed by atoms with Crippen molar-refractivity contribution < 1.29 is 13.9 Å². The third kappa shape index (κ3) is 4.17. The van der Waals surface area contributed by atoms with Gasteiger partial charge in [-0.25, -0.2) is 4.39 Å². The second-order valence-corrected chi connectivity index (χ2v) is 6.26. The minimum absolute atomic E-state index is 0.0652. The molecule has 1 saturated heterocycles. The number of benzene rings is 1. The van der Waals surface area contributed by atoms with Crippen LogP contribution in [0.3, 0.4) is 0 Å². The summed E-state index contributed by atoms with van der Waals surface area (Å²) >= 11 is 0. The predicted octanol–water partition coefficient (Wildman–Crippen LogP) is 3.17. The molecule has 0 aromatic heterocycles. The number of ether oxygens (including phenoxy) is 2. The summed E-state index contributed by atoms with van der Waals surface area (Å²) in [6.07, 6.45) is 2.64. The van der Waals surface area contributed by atoms with Gasteiger partial charge in [-0.05, 0) is 36.3 Å². The van der Waals surface area contributed by atoms with Crippen LogP contribution in [0.5, 0.6) is 5.75 Å². The summed E-state index contributed by atoms with van der Waals surface area (Å²) in [6, 6.07) is 5.83. The first-order valence-corrected chi connectivity index (χ1v) is 7.69. The van der Waals surface area contributed by atoms with E-state index in [9.17, 15) is 4.39 Å². The van der Waals surface area contributed by atoms with Crippen molar-refractivity contribution in [3.8, 4) is 5.75 Å². The van der Waals surface area contributed by atoms with Crippen LogP contribution in [0.1, 0.15) is 32.3 Å². The lowest BCUT2D eigenvalue weighted by atomic mass is 9.75. The first-order valence-electron chi connectivity index (χ1n) is 7.69. The molecule has 118 valence electrons. The zero-order chi connectivity index (χ0) is 15.3. The van der Waals surface area contributed by atoms with Crippen molar-refractivity contribution in [3.63, 3.8) is 0 Å². The highest BCUT2D eigenvalue weighted by Gasteiger charge is 2.33. The van der Waals surface area contributed by atoms with Gasteiger partial charge in [0.1, 0.15) is 0 Å². The molecule has 1 aromatic carbocycles. The minimum atomic E-state index is -0.226. The van der Waals surface area contributed by atoms with Gasteiger partial charge < -0.3 is 14.8 Å². The van der Waals surface area contributed by atoms with Crippen LogP contribution in [0.2, 0.25) is 0 Å². The van der Waals surface area contributed by atoms with E-state index in [1.807, 2.05) is 12.1 Å². The molecule has 0 amide bonds. The normalized spacial score (nSPS) is 18.0. The van der Waals surface area contributed by atoms with Crippen molar-refractivity contribution in [3.05, 3.63) is 29.6 Å². The molecule has 3 nitrogen and oxygen atoms in total. The lowest BCUT2D eigenvalue weighted by Gasteiger charge is -2.38. The zero-order valence-corrected chi connectivity index (χ0v) is 13.2. The Kier molecular flexibility index (Phi) is 5.59. The standard InChI is InChI=1S/C17H26FNO2/c1-13(2)19-12-17(7-9-21-10-8-17)11-14-5-4-6-15(20-3)16(14)18/h4-6,13,19H,7-12H2,1-3H3. The van der Waals surface area contributed by atoms with E-state index in [1.54, 1.807) is 6.07 Å². The number of halogens is 1. The molecule has 2 rings (SSSR count). The Morgan fingerprint density at radius 2 is 2.05 bits per heavy atom. The van der Waals surface area contributed by atoms with Gasteiger partial charge in [-0.1, -0.05) is 26.0 Å². The predicted molar refractivity (Wildman–Crippen MR) is 82.3 cm³/mol. The second kappa shape index (κ2) is 7.23. The van der Waals surface area contributed by atoms with Crippen LogP contribution in [-0.4, -0.2) is 32.9 Å². The number of rotatable bonds is 6. The van der Waals surface area contributed by atoms with E-state index in [2.05, 4.69) is 19.2 Å². The van der Waals surface area contributed by atoms with Gasteiger partial charge >= 0.3 is 0 Å². The van der Waals surface area contributed by atoms with Gasteiger partial charge in [0.25, 0.3) is 0 Å². The SMILES string of the molecule is COc1cccc(CC2(CNC(C)C)CCOCC2)c1F. The van der Waals surface area contributed by atoms with Crippen molar-refractivity contribution in [1.29, 1.82) is 0 Å². The third-order valence-corrected chi connectivity index (χ3v) is 4.27. The average molecular weight is 295 g/mol. The van der Waals surface area contributed by atoms with E-state index in [1.165, 1.54) is 7.11 Å². The molecule has 1 heterocycles. The monoisotopic (exact) mass is 295 g/mol. The molecule has 1 aliphatic rings. The van der Waals surface area contributed by atoms with Crippen molar-refractivity contribution in [2.24, 2.45) is 5.41 Å². The van der Waals surface area contributed by atoms with Crippen LogP contribution in [-0.2, 0) is 11.2 Å². The van der Waals surface area contributed by atoms with E-state index >= 15 is 0 Å².